The van der Waals surface area contributed by atoms with E-state index in [4.69, 9.17) is 16.9 Å². The maximum atomic E-state index is 11.8. The summed E-state index contributed by atoms with van der Waals surface area (Å²) in [6.07, 6.45) is 0.308. The third kappa shape index (κ3) is 4.51. The van der Waals surface area contributed by atoms with Crippen LogP contribution in [0.1, 0.15) is 12.0 Å². The Morgan fingerprint density at radius 3 is 2.57 bits per heavy atom. The van der Waals surface area contributed by atoms with Gasteiger partial charge in [-0.2, -0.15) is 5.26 Å². The molecular weight excluding hydrogens is 286 g/mol. The lowest BCUT2D eigenvalue weighted by molar-refractivity contribution is -0.115. The zero-order chi connectivity index (χ0) is 15.1. The van der Waals surface area contributed by atoms with Crippen LogP contribution in [0.15, 0.2) is 48.5 Å². The Balaban J connectivity index is 1.82. The van der Waals surface area contributed by atoms with Crippen molar-refractivity contribution < 1.29 is 4.79 Å². The Morgan fingerprint density at radius 1 is 1.14 bits per heavy atom. The van der Waals surface area contributed by atoms with Crippen molar-refractivity contribution in [3.63, 3.8) is 0 Å². The van der Waals surface area contributed by atoms with E-state index in [1.807, 2.05) is 18.2 Å². The van der Waals surface area contributed by atoms with Gasteiger partial charge in [0.05, 0.1) is 11.3 Å². The second-order valence-corrected chi connectivity index (χ2v) is 4.83. The van der Waals surface area contributed by atoms with Crippen LogP contribution in [0, 0.1) is 11.3 Å². The van der Waals surface area contributed by atoms with Gasteiger partial charge in [0.25, 0.3) is 0 Å². The topological polar surface area (TPSA) is 64.9 Å². The van der Waals surface area contributed by atoms with Gasteiger partial charge in [0.1, 0.15) is 6.07 Å². The number of nitriles is 1. The van der Waals surface area contributed by atoms with Gasteiger partial charge in [-0.1, -0.05) is 23.7 Å². The highest BCUT2D eigenvalue weighted by molar-refractivity contribution is 6.30. The van der Waals surface area contributed by atoms with Crippen molar-refractivity contribution >= 4 is 28.9 Å². The Hall–Kier alpha value is -2.51. The molecule has 4 nitrogen and oxygen atoms in total. The predicted molar refractivity (Wildman–Crippen MR) is 84.3 cm³/mol. The molecule has 5 heteroatoms. The molecule has 2 rings (SSSR count). The van der Waals surface area contributed by atoms with Gasteiger partial charge >= 0.3 is 0 Å². The minimum atomic E-state index is -0.140. The number of para-hydroxylation sites is 1. The van der Waals surface area contributed by atoms with Crippen LogP contribution >= 0.6 is 11.6 Å². The van der Waals surface area contributed by atoms with Crippen LogP contribution in [0.2, 0.25) is 5.02 Å². The van der Waals surface area contributed by atoms with Gasteiger partial charge in [-0.3, -0.25) is 4.79 Å². The van der Waals surface area contributed by atoms with Crippen molar-refractivity contribution in [3.05, 3.63) is 59.1 Å². The first-order chi connectivity index (χ1) is 10.2. The first-order valence-electron chi connectivity index (χ1n) is 6.47. The number of nitrogens with zero attached hydrogens (tertiary/aromatic N) is 1. The molecule has 0 spiro atoms. The van der Waals surface area contributed by atoms with Crippen LogP contribution in [-0.4, -0.2) is 12.5 Å². The molecular formula is C16H14ClN3O. The largest absolute Gasteiger partial charge is 0.385 e. The zero-order valence-corrected chi connectivity index (χ0v) is 12.0. The lowest BCUT2D eigenvalue weighted by Crippen LogP contribution is -2.16. The molecule has 0 saturated carbocycles. The molecule has 0 aliphatic carbocycles. The molecule has 0 unspecified atom stereocenters. The average Bonchev–Trinajstić information content (AvgIpc) is 2.50. The van der Waals surface area contributed by atoms with E-state index in [9.17, 15) is 4.79 Å². The van der Waals surface area contributed by atoms with Crippen molar-refractivity contribution in [2.24, 2.45) is 0 Å². The number of nitrogens with one attached hydrogen (secondary N) is 2. The highest BCUT2D eigenvalue weighted by Gasteiger charge is 2.05. The molecule has 0 aliphatic rings. The smallest absolute Gasteiger partial charge is 0.226 e. The normalized spacial score (nSPS) is 9.71. The van der Waals surface area contributed by atoms with E-state index in [2.05, 4.69) is 10.6 Å². The van der Waals surface area contributed by atoms with E-state index >= 15 is 0 Å². The van der Waals surface area contributed by atoms with E-state index in [-0.39, 0.29) is 5.91 Å². The summed E-state index contributed by atoms with van der Waals surface area (Å²) in [6, 6.07) is 16.2. The molecule has 2 aromatic rings. The number of hydrogen-bond acceptors (Lipinski definition) is 3. The first-order valence-corrected chi connectivity index (χ1v) is 6.85. The first kappa shape index (κ1) is 14.9. The van der Waals surface area contributed by atoms with E-state index in [1.54, 1.807) is 36.4 Å². The molecule has 0 fully saturated rings. The molecule has 106 valence electrons. The van der Waals surface area contributed by atoms with Gasteiger partial charge in [-0.15, -0.1) is 0 Å². The summed E-state index contributed by atoms with van der Waals surface area (Å²) in [5.74, 6) is -0.140. The van der Waals surface area contributed by atoms with Gasteiger partial charge < -0.3 is 10.6 Å². The monoisotopic (exact) mass is 299 g/mol. The quantitative estimate of drug-likeness (QED) is 0.885. The van der Waals surface area contributed by atoms with Crippen molar-refractivity contribution in [3.8, 4) is 6.07 Å². The number of halogens is 1. The standard InChI is InChI=1S/C16H14ClN3O/c17-13-5-7-14(8-6-13)19-10-9-16(21)20-15-4-2-1-3-12(15)11-18/h1-8,19H,9-10H2,(H,20,21). The molecule has 21 heavy (non-hydrogen) atoms. The number of anilines is 2. The lowest BCUT2D eigenvalue weighted by Gasteiger charge is -2.08. The molecule has 0 atom stereocenters. The van der Waals surface area contributed by atoms with E-state index in [0.717, 1.165) is 5.69 Å². The maximum absolute atomic E-state index is 11.8. The number of amides is 1. The highest BCUT2D eigenvalue weighted by atomic mass is 35.5. The van der Waals surface area contributed by atoms with Crippen molar-refractivity contribution in [1.82, 2.24) is 0 Å². The maximum Gasteiger partial charge on any atom is 0.226 e. The molecule has 0 aliphatic heterocycles. The minimum absolute atomic E-state index is 0.140. The summed E-state index contributed by atoms with van der Waals surface area (Å²) in [7, 11) is 0. The predicted octanol–water partition coefficient (Wildman–Crippen LogP) is 3.65. The minimum Gasteiger partial charge on any atom is -0.385 e. The summed E-state index contributed by atoms with van der Waals surface area (Å²) in [5, 5.41) is 15.5. The molecule has 2 aromatic carbocycles. The van der Waals surface area contributed by atoms with Gasteiger partial charge in [0.15, 0.2) is 0 Å². The second kappa shape index (κ2) is 7.32. The number of rotatable bonds is 5. The Morgan fingerprint density at radius 2 is 1.86 bits per heavy atom. The molecule has 2 N–H and O–H groups in total. The third-order valence-electron chi connectivity index (χ3n) is 2.85. The van der Waals surface area contributed by atoms with Crippen LogP contribution in [0.5, 0.6) is 0 Å². The van der Waals surface area contributed by atoms with E-state index in [1.165, 1.54) is 0 Å². The highest BCUT2D eigenvalue weighted by Crippen LogP contribution is 2.15. The van der Waals surface area contributed by atoms with Crippen LogP contribution in [0.4, 0.5) is 11.4 Å². The average molecular weight is 300 g/mol. The Kier molecular flexibility index (Phi) is 5.19. The van der Waals surface area contributed by atoms with Crippen molar-refractivity contribution in [2.45, 2.75) is 6.42 Å². The fourth-order valence-corrected chi connectivity index (χ4v) is 1.92. The molecule has 0 radical (unpaired) electrons. The summed E-state index contributed by atoms with van der Waals surface area (Å²) in [6.45, 7) is 0.502. The van der Waals surface area contributed by atoms with Crippen molar-refractivity contribution in [2.75, 3.05) is 17.2 Å². The molecule has 0 bridgehead atoms. The number of hydrogen-bond donors (Lipinski definition) is 2. The Bertz CT molecular complexity index is 662. The summed E-state index contributed by atoms with van der Waals surface area (Å²) >= 11 is 5.80. The van der Waals surface area contributed by atoms with Crippen LogP contribution in [-0.2, 0) is 4.79 Å². The Labute approximate surface area is 128 Å². The SMILES string of the molecule is N#Cc1ccccc1NC(=O)CCNc1ccc(Cl)cc1. The van der Waals surface area contributed by atoms with Crippen LogP contribution < -0.4 is 10.6 Å². The number of carbonyl (C=O) groups is 1. The summed E-state index contributed by atoms with van der Waals surface area (Å²) in [5.41, 5.74) is 1.90. The molecule has 0 saturated heterocycles. The second-order valence-electron chi connectivity index (χ2n) is 4.39. The molecule has 0 heterocycles. The fourth-order valence-electron chi connectivity index (χ4n) is 1.79. The fraction of sp³-hybridized carbons (Fsp3) is 0.125. The van der Waals surface area contributed by atoms with Gasteiger partial charge in [-0.25, -0.2) is 0 Å². The summed E-state index contributed by atoms with van der Waals surface area (Å²) in [4.78, 5) is 11.8. The van der Waals surface area contributed by atoms with Gasteiger partial charge in [0.2, 0.25) is 5.91 Å². The third-order valence-corrected chi connectivity index (χ3v) is 3.10. The van der Waals surface area contributed by atoms with E-state index < -0.39 is 0 Å². The van der Waals surface area contributed by atoms with Crippen LogP contribution in [0.25, 0.3) is 0 Å². The summed E-state index contributed by atoms with van der Waals surface area (Å²) < 4.78 is 0. The zero-order valence-electron chi connectivity index (χ0n) is 11.3. The van der Waals surface area contributed by atoms with Crippen LogP contribution in [0.3, 0.4) is 0 Å². The molecule has 0 aromatic heterocycles. The lowest BCUT2D eigenvalue weighted by atomic mass is 10.2. The number of benzene rings is 2. The van der Waals surface area contributed by atoms with Gasteiger partial charge in [0, 0.05) is 23.7 Å². The van der Waals surface area contributed by atoms with E-state index in [0.29, 0.717) is 29.2 Å². The molecule has 1 amide bonds. The van der Waals surface area contributed by atoms with Crippen molar-refractivity contribution in [1.29, 1.82) is 5.26 Å². The van der Waals surface area contributed by atoms with Gasteiger partial charge in [-0.05, 0) is 36.4 Å². The number of carbonyl (C=O) groups excluding carboxylic acids is 1.